The average Bonchev–Trinajstić information content (AvgIpc) is 2.84. The van der Waals surface area contributed by atoms with Gasteiger partial charge in [0.25, 0.3) is 0 Å². The maximum absolute atomic E-state index is 12.1. The second-order valence-electron chi connectivity index (χ2n) is 5.88. The predicted molar refractivity (Wildman–Crippen MR) is 77.0 cm³/mol. The lowest BCUT2D eigenvalue weighted by atomic mass is 10.2. The first-order valence-electron chi connectivity index (χ1n) is 6.89. The molecule has 2 rings (SSSR count). The lowest BCUT2D eigenvalue weighted by Crippen LogP contribution is -2.39. The van der Waals surface area contributed by atoms with Crippen molar-refractivity contribution in [2.75, 3.05) is 6.54 Å². The highest BCUT2D eigenvalue weighted by Crippen LogP contribution is 2.22. The van der Waals surface area contributed by atoms with E-state index >= 15 is 0 Å². The van der Waals surface area contributed by atoms with Crippen molar-refractivity contribution in [1.29, 1.82) is 0 Å². The lowest BCUT2D eigenvalue weighted by Gasteiger charge is -2.27. The van der Waals surface area contributed by atoms with Gasteiger partial charge >= 0.3 is 6.09 Å². The second-order valence-corrected chi connectivity index (χ2v) is 5.88. The van der Waals surface area contributed by atoms with E-state index in [2.05, 4.69) is 9.97 Å². The van der Waals surface area contributed by atoms with Crippen molar-refractivity contribution in [3.8, 4) is 0 Å². The Kier molecular flexibility index (Phi) is 4.37. The van der Waals surface area contributed by atoms with Gasteiger partial charge in [-0.15, -0.1) is 0 Å². The Morgan fingerprint density at radius 1 is 1.50 bits per heavy atom. The number of aromatic nitrogens is 2. The Bertz CT molecular complexity index is 480. The number of likely N-dealkylation sites (tertiary alicyclic amines) is 1. The van der Waals surface area contributed by atoms with E-state index in [1.165, 1.54) is 6.33 Å². The summed E-state index contributed by atoms with van der Waals surface area (Å²) in [7, 11) is 0. The quantitative estimate of drug-likeness (QED) is 0.832. The van der Waals surface area contributed by atoms with E-state index in [0.29, 0.717) is 0 Å². The fourth-order valence-corrected chi connectivity index (χ4v) is 2.15. The molecule has 0 aromatic carbocycles. The van der Waals surface area contributed by atoms with Crippen LogP contribution in [-0.2, 0) is 4.74 Å². The van der Waals surface area contributed by atoms with Gasteiger partial charge < -0.3 is 9.64 Å². The molecule has 0 N–H and O–H groups in total. The smallest absolute Gasteiger partial charge is 0.410 e. The van der Waals surface area contributed by atoms with Gasteiger partial charge in [-0.25, -0.2) is 14.8 Å². The maximum atomic E-state index is 12.1. The molecule has 1 aliphatic rings. The van der Waals surface area contributed by atoms with Gasteiger partial charge in [0.05, 0.1) is 11.7 Å². The topological polar surface area (TPSA) is 55.3 Å². The van der Waals surface area contributed by atoms with Crippen molar-refractivity contribution in [2.45, 2.75) is 45.3 Å². The van der Waals surface area contributed by atoms with Crippen LogP contribution in [0.15, 0.2) is 24.7 Å². The van der Waals surface area contributed by atoms with E-state index in [0.717, 1.165) is 25.1 Å². The minimum atomic E-state index is -0.458. The van der Waals surface area contributed by atoms with Crippen LogP contribution in [0.1, 0.15) is 39.3 Å². The van der Waals surface area contributed by atoms with Crippen LogP contribution in [0.5, 0.6) is 0 Å². The summed E-state index contributed by atoms with van der Waals surface area (Å²) in [5, 5.41) is 0. The van der Waals surface area contributed by atoms with Crippen LogP contribution in [0.2, 0.25) is 0 Å². The average molecular weight is 275 g/mol. The highest BCUT2D eigenvalue weighted by Gasteiger charge is 2.30. The van der Waals surface area contributed by atoms with Crippen LogP contribution in [0.3, 0.4) is 0 Å². The zero-order valence-corrected chi connectivity index (χ0v) is 12.2. The molecule has 1 aromatic heterocycles. The zero-order valence-electron chi connectivity index (χ0n) is 12.2. The molecule has 1 fully saturated rings. The summed E-state index contributed by atoms with van der Waals surface area (Å²) in [5.41, 5.74) is 0.386. The lowest BCUT2D eigenvalue weighted by molar-refractivity contribution is 0.0256. The number of carbonyl (C=O) groups is 1. The molecular formula is C15H21N3O2. The van der Waals surface area contributed by atoms with Gasteiger partial charge in [0.2, 0.25) is 0 Å². The highest BCUT2D eigenvalue weighted by molar-refractivity contribution is 5.69. The fraction of sp³-hybridized carbons (Fsp3) is 0.533. The largest absolute Gasteiger partial charge is 0.444 e. The summed E-state index contributed by atoms with van der Waals surface area (Å²) < 4.78 is 5.43. The molecule has 1 aromatic rings. The Hall–Kier alpha value is -1.91. The van der Waals surface area contributed by atoms with Gasteiger partial charge in [0, 0.05) is 12.7 Å². The Labute approximate surface area is 119 Å². The van der Waals surface area contributed by atoms with Gasteiger partial charge in [-0.05, 0) is 45.8 Å². The summed E-state index contributed by atoms with van der Waals surface area (Å²) in [6.07, 6.45) is 8.87. The minimum Gasteiger partial charge on any atom is -0.444 e. The minimum absolute atomic E-state index is 0.0832. The Morgan fingerprint density at radius 3 is 2.95 bits per heavy atom. The molecule has 108 valence electrons. The van der Waals surface area contributed by atoms with Gasteiger partial charge in [-0.1, -0.05) is 6.08 Å². The van der Waals surface area contributed by atoms with Crippen molar-refractivity contribution in [3.05, 3.63) is 30.4 Å². The number of ether oxygens (including phenoxy) is 1. The number of nitrogens with zero attached hydrogens (tertiary/aromatic N) is 3. The standard InChI is InChI=1S/C15H21N3O2/c1-15(2,3)20-14(19)18-10-4-5-13(18)7-6-12-8-9-16-11-17-12/h6-9,11,13H,4-5,10H2,1-3H3. The molecule has 0 radical (unpaired) electrons. The van der Waals surface area contributed by atoms with Crippen LogP contribution in [0.4, 0.5) is 4.79 Å². The molecule has 20 heavy (non-hydrogen) atoms. The monoisotopic (exact) mass is 275 g/mol. The summed E-state index contributed by atoms with van der Waals surface area (Å²) >= 11 is 0. The summed E-state index contributed by atoms with van der Waals surface area (Å²) in [6.45, 7) is 6.39. The second kappa shape index (κ2) is 6.03. The number of carbonyl (C=O) groups excluding carboxylic acids is 1. The first kappa shape index (κ1) is 14.5. The third-order valence-electron chi connectivity index (χ3n) is 3.02. The molecule has 1 atom stereocenters. The van der Waals surface area contributed by atoms with Crippen LogP contribution < -0.4 is 0 Å². The summed E-state index contributed by atoms with van der Waals surface area (Å²) in [4.78, 5) is 21.9. The SMILES string of the molecule is CC(C)(C)OC(=O)N1CCCC1C=Cc1ccncn1. The van der Waals surface area contributed by atoms with Crippen molar-refractivity contribution in [3.63, 3.8) is 0 Å². The molecule has 2 heterocycles. The first-order valence-corrected chi connectivity index (χ1v) is 6.89. The summed E-state index contributed by atoms with van der Waals surface area (Å²) in [6, 6.07) is 1.92. The van der Waals surface area contributed by atoms with E-state index in [9.17, 15) is 4.79 Å². The van der Waals surface area contributed by atoms with Crippen molar-refractivity contribution < 1.29 is 9.53 Å². The number of rotatable bonds is 2. The molecule has 1 unspecified atom stereocenters. The van der Waals surface area contributed by atoms with E-state index in [4.69, 9.17) is 4.74 Å². The Balaban J connectivity index is 2.01. The molecule has 5 heteroatoms. The molecule has 0 saturated carbocycles. The molecule has 0 aliphatic carbocycles. The van der Waals surface area contributed by atoms with E-state index in [-0.39, 0.29) is 12.1 Å². The van der Waals surface area contributed by atoms with Crippen LogP contribution in [-0.4, -0.2) is 39.1 Å². The fourth-order valence-electron chi connectivity index (χ4n) is 2.15. The van der Waals surface area contributed by atoms with Gasteiger partial charge in [-0.2, -0.15) is 0 Å². The molecular weight excluding hydrogens is 254 g/mol. The van der Waals surface area contributed by atoms with Crippen molar-refractivity contribution >= 4 is 12.2 Å². The van der Waals surface area contributed by atoms with Gasteiger partial charge in [0.15, 0.2) is 0 Å². The molecule has 0 spiro atoms. The van der Waals surface area contributed by atoms with Gasteiger partial charge in [0.1, 0.15) is 11.9 Å². The van der Waals surface area contributed by atoms with Crippen LogP contribution >= 0.6 is 0 Å². The normalized spacial score (nSPS) is 19.6. The molecule has 5 nitrogen and oxygen atoms in total. The predicted octanol–water partition coefficient (Wildman–Crippen LogP) is 2.89. The van der Waals surface area contributed by atoms with E-state index in [1.807, 2.05) is 39.0 Å². The van der Waals surface area contributed by atoms with Crippen molar-refractivity contribution in [2.24, 2.45) is 0 Å². The third kappa shape index (κ3) is 4.05. The molecule has 0 bridgehead atoms. The Morgan fingerprint density at radius 2 is 2.30 bits per heavy atom. The number of hydrogen-bond donors (Lipinski definition) is 0. The maximum Gasteiger partial charge on any atom is 0.410 e. The van der Waals surface area contributed by atoms with Gasteiger partial charge in [-0.3, -0.25) is 0 Å². The number of amides is 1. The van der Waals surface area contributed by atoms with Crippen LogP contribution in [0, 0.1) is 0 Å². The number of hydrogen-bond acceptors (Lipinski definition) is 4. The summed E-state index contributed by atoms with van der Waals surface area (Å²) in [5.74, 6) is 0. The van der Waals surface area contributed by atoms with E-state index < -0.39 is 5.60 Å². The van der Waals surface area contributed by atoms with Crippen LogP contribution in [0.25, 0.3) is 6.08 Å². The van der Waals surface area contributed by atoms with Crippen molar-refractivity contribution in [1.82, 2.24) is 14.9 Å². The molecule has 1 aliphatic heterocycles. The first-order chi connectivity index (χ1) is 9.46. The van der Waals surface area contributed by atoms with E-state index in [1.54, 1.807) is 11.1 Å². The third-order valence-corrected chi connectivity index (χ3v) is 3.02. The zero-order chi connectivity index (χ0) is 14.6. The molecule has 1 saturated heterocycles. The highest BCUT2D eigenvalue weighted by atomic mass is 16.6. The molecule has 1 amide bonds.